The first-order valence-corrected chi connectivity index (χ1v) is 6.36. The molecule has 0 fully saturated rings. The number of Topliss-reactive ketones (excluding diaryl/α,β-unsaturated/α-hetero) is 1. The molecule has 1 N–H and O–H groups in total. The summed E-state index contributed by atoms with van der Waals surface area (Å²) in [5.74, 6) is -0.0843. The number of benzene rings is 2. The summed E-state index contributed by atoms with van der Waals surface area (Å²) in [6, 6.07) is 16.3. The third-order valence-electron chi connectivity index (χ3n) is 3.41. The van der Waals surface area contributed by atoms with Crippen LogP contribution in [0.25, 0.3) is 6.08 Å². The Hall–Kier alpha value is -2.86. The fourth-order valence-electron chi connectivity index (χ4n) is 2.42. The molecule has 0 saturated carbocycles. The predicted molar refractivity (Wildman–Crippen MR) is 76.8 cm³/mol. The summed E-state index contributed by atoms with van der Waals surface area (Å²) >= 11 is 0. The number of nitrogens with zero attached hydrogens (tertiary/aromatic N) is 1. The van der Waals surface area contributed by atoms with E-state index in [4.69, 9.17) is 5.26 Å². The fraction of sp³-hybridized carbons (Fsp3) is 0.0588. The van der Waals surface area contributed by atoms with Gasteiger partial charge in [0.05, 0.1) is 11.6 Å². The predicted octanol–water partition coefficient (Wildman–Crippen LogP) is 3.06. The molecule has 0 radical (unpaired) electrons. The van der Waals surface area contributed by atoms with E-state index in [-0.39, 0.29) is 5.78 Å². The van der Waals surface area contributed by atoms with Crippen LogP contribution in [0.15, 0.2) is 54.7 Å². The van der Waals surface area contributed by atoms with Gasteiger partial charge in [-0.15, -0.1) is 0 Å². The molecule has 0 bridgehead atoms. The van der Waals surface area contributed by atoms with Crippen molar-refractivity contribution in [3.8, 4) is 6.07 Å². The molecule has 1 heterocycles. The number of nitriles is 1. The molecule has 96 valence electrons. The molecule has 0 amide bonds. The quantitative estimate of drug-likeness (QED) is 0.844. The van der Waals surface area contributed by atoms with Crippen LogP contribution in [-0.2, 0) is 0 Å². The lowest BCUT2D eigenvalue weighted by Gasteiger charge is -2.22. The van der Waals surface area contributed by atoms with Crippen molar-refractivity contribution in [3.63, 3.8) is 0 Å². The monoisotopic (exact) mass is 260 g/mol. The summed E-state index contributed by atoms with van der Waals surface area (Å²) in [5.41, 5.74) is 2.83. The SMILES string of the molecule is N#Cc1ccccc1C(=O)C1NC=Cc2ccccc21. The molecule has 3 nitrogen and oxygen atoms in total. The Morgan fingerprint density at radius 3 is 2.70 bits per heavy atom. The van der Waals surface area contributed by atoms with Gasteiger partial charge < -0.3 is 5.32 Å². The first-order valence-electron chi connectivity index (χ1n) is 6.36. The zero-order chi connectivity index (χ0) is 13.9. The lowest BCUT2D eigenvalue weighted by molar-refractivity contribution is 0.0949. The standard InChI is InChI=1S/C17H12N2O/c18-11-13-6-2-4-8-15(13)17(20)16-14-7-3-1-5-12(14)9-10-19-16/h1-10,16,19H. The van der Waals surface area contributed by atoms with Crippen LogP contribution in [0.1, 0.15) is 33.1 Å². The van der Waals surface area contributed by atoms with E-state index in [1.807, 2.05) is 30.3 Å². The molecule has 1 unspecified atom stereocenters. The second-order valence-corrected chi connectivity index (χ2v) is 4.58. The van der Waals surface area contributed by atoms with Gasteiger partial charge in [0.25, 0.3) is 0 Å². The van der Waals surface area contributed by atoms with Gasteiger partial charge in [0.2, 0.25) is 0 Å². The third-order valence-corrected chi connectivity index (χ3v) is 3.41. The molecular weight excluding hydrogens is 248 g/mol. The Balaban J connectivity index is 2.04. The van der Waals surface area contributed by atoms with Crippen molar-refractivity contribution in [3.05, 3.63) is 77.0 Å². The second-order valence-electron chi connectivity index (χ2n) is 4.58. The maximum Gasteiger partial charge on any atom is 0.190 e. The highest BCUT2D eigenvalue weighted by atomic mass is 16.1. The van der Waals surface area contributed by atoms with Gasteiger partial charge in [-0.2, -0.15) is 5.26 Å². The normalized spacial score (nSPS) is 15.8. The molecule has 0 aromatic heterocycles. The molecule has 0 saturated heterocycles. The number of carbonyl (C=O) groups is 1. The molecule has 1 atom stereocenters. The van der Waals surface area contributed by atoms with E-state index in [2.05, 4.69) is 11.4 Å². The van der Waals surface area contributed by atoms with Crippen molar-refractivity contribution in [2.45, 2.75) is 6.04 Å². The second kappa shape index (κ2) is 5.02. The summed E-state index contributed by atoms with van der Waals surface area (Å²) in [4.78, 5) is 12.7. The highest BCUT2D eigenvalue weighted by Crippen LogP contribution is 2.27. The minimum atomic E-state index is -0.439. The van der Waals surface area contributed by atoms with Crippen LogP contribution < -0.4 is 5.32 Å². The number of hydrogen-bond donors (Lipinski definition) is 1. The van der Waals surface area contributed by atoms with Crippen LogP contribution in [0.5, 0.6) is 0 Å². The number of hydrogen-bond acceptors (Lipinski definition) is 3. The van der Waals surface area contributed by atoms with Crippen LogP contribution in [0, 0.1) is 11.3 Å². The summed E-state index contributed by atoms with van der Waals surface area (Å²) in [5, 5.41) is 12.2. The lowest BCUT2D eigenvalue weighted by Crippen LogP contribution is -2.28. The van der Waals surface area contributed by atoms with Gasteiger partial charge in [-0.3, -0.25) is 4.79 Å². The van der Waals surface area contributed by atoms with Crippen molar-refractivity contribution >= 4 is 11.9 Å². The topological polar surface area (TPSA) is 52.9 Å². The Bertz CT molecular complexity index is 741. The maximum atomic E-state index is 12.7. The molecule has 0 aliphatic carbocycles. The number of rotatable bonds is 2. The first kappa shape index (κ1) is 12.2. The molecule has 3 heteroatoms. The highest BCUT2D eigenvalue weighted by molar-refractivity contribution is 6.03. The Morgan fingerprint density at radius 2 is 1.85 bits per heavy atom. The number of nitrogens with one attached hydrogen (secondary N) is 1. The Labute approximate surface area is 117 Å². The molecule has 1 aliphatic heterocycles. The Morgan fingerprint density at radius 1 is 1.10 bits per heavy atom. The molecule has 2 aromatic rings. The van der Waals surface area contributed by atoms with Crippen LogP contribution in [0.3, 0.4) is 0 Å². The average molecular weight is 260 g/mol. The summed E-state index contributed by atoms with van der Waals surface area (Å²) in [7, 11) is 0. The molecule has 20 heavy (non-hydrogen) atoms. The van der Waals surface area contributed by atoms with E-state index in [9.17, 15) is 4.79 Å². The van der Waals surface area contributed by atoms with Crippen molar-refractivity contribution < 1.29 is 4.79 Å². The smallest absolute Gasteiger partial charge is 0.190 e. The van der Waals surface area contributed by atoms with Gasteiger partial charge in [0.15, 0.2) is 5.78 Å². The third kappa shape index (κ3) is 1.98. The minimum absolute atomic E-state index is 0.0843. The number of ketones is 1. The van der Waals surface area contributed by atoms with Crippen molar-refractivity contribution in [2.75, 3.05) is 0 Å². The highest BCUT2D eigenvalue weighted by Gasteiger charge is 2.26. The van der Waals surface area contributed by atoms with Gasteiger partial charge in [-0.25, -0.2) is 0 Å². The largest absolute Gasteiger partial charge is 0.377 e. The zero-order valence-electron chi connectivity index (χ0n) is 10.7. The van der Waals surface area contributed by atoms with E-state index < -0.39 is 6.04 Å². The van der Waals surface area contributed by atoms with Crippen LogP contribution in [0.2, 0.25) is 0 Å². The fourth-order valence-corrected chi connectivity index (χ4v) is 2.42. The lowest BCUT2D eigenvalue weighted by atomic mass is 9.90. The molecule has 2 aromatic carbocycles. The first-order chi connectivity index (χ1) is 9.81. The summed E-state index contributed by atoms with van der Waals surface area (Å²) in [6.45, 7) is 0. The van der Waals surface area contributed by atoms with E-state index in [1.54, 1.807) is 30.5 Å². The average Bonchev–Trinajstić information content (AvgIpc) is 2.53. The number of fused-ring (bicyclic) bond motifs is 1. The maximum absolute atomic E-state index is 12.7. The van der Waals surface area contributed by atoms with E-state index in [1.165, 1.54) is 0 Å². The van der Waals surface area contributed by atoms with Gasteiger partial charge in [-0.05, 0) is 35.5 Å². The number of carbonyl (C=O) groups excluding carboxylic acids is 1. The molecular formula is C17H12N2O. The van der Waals surface area contributed by atoms with Gasteiger partial charge >= 0.3 is 0 Å². The zero-order valence-corrected chi connectivity index (χ0v) is 10.7. The van der Waals surface area contributed by atoms with Crippen LogP contribution in [0.4, 0.5) is 0 Å². The van der Waals surface area contributed by atoms with Crippen LogP contribution >= 0.6 is 0 Å². The van der Waals surface area contributed by atoms with Gasteiger partial charge in [0, 0.05) is 5.56 Å². The molecule has 0 spiro atoms. The van der Waals surface area contributed by atoms with Crippen molar-refractivity contribution in [2.24, 2.45) is 0 Å². The minimum Gasteiger partial charge on any atom is -0.377 e. The van der Waals surface area contributed by atoms with E-state index in [0.29, 0.717) is 11.1 Å². The Kier molecular flexibility index (Phi) is 3.06. The summed E-state index contributed by atoms with van der Waals surface area (Å²) in [6.07, 6.45) is 3.72. The van der Waals surface area contributed by atoms with E-state index >= 15 is 0 Å². The van der Waals surface area contributed by atoms with Crippen LogP contribution in [-0.4, -0.2) is 5.78 Å². The van der Waals surface area contributed by atoms with E-state index in [0.717, 1.165) is 11.1 Å². The van der Waals surface area contributed by atoms with Crippen molar-refractivity contribution in [1.29, 1.82) is 5.26 Å². The van der Waals surface area contributed by atoms with Crippen molar-refractivity contribution in [1.82, 2.24) is 5.32 Å². The van der Waals surface area contributed by atoms with Gasteiger partial charge in [-0.1, -0.05) is 36.4 Å². The van der Waals surface area contributed by atoms with Gasteiger partial charge in [0.1, 0.15) is 6.04 Å². The molecule has 1 aliphatic rings. The summed E-state index contributed by atoms with van der Waals surface area (Å²) < 4.78 is 0. The molecule has 3 rings (SSSR count).